The van der Waals surface area contributed by atoms with E-state index in [1.165, 1.54) is 11.6 Å². The number of rotatable bonds is 2. The second kappa shape index (κ2) is 5.15. The molecule has 1 aliphatic carbocycles. The van der Waals surface area contributed by atoms with Crippen molar-refractivity contribution in [3.63, 3.8) is 0 Å². The smallest absolute Gasteiger partial charge is 0.123 e. The van der Waals surface area contributed by atoms with Gasteiger partial charge < -0.3 is 10.5 Å². The second-order valence-corrected chi connectivity index (χ2v) is 5.81. The quantitative estimate of drug-likeness (QED) is 0.913. The normalized spacial score (nSPS) is 21.0. The van der Waals surface area contributed by atoms with Crippen LogP contribution < -0.4 is 10.5 Å². The highest BCUT2D eigenvalue weighted by molar-refractivity contribution is 5.49. The van der Waals surface area contributed by atoms with Crippen LogP contribution in [0.4, 0.5) is 4.39 Å². The fourth-order valence-electron chi connectivity index (χ4n) is 3.36. The summed E-state index contributed by atoms with van der Waals surface area (Å²) in [4.78, 5) is 0. The molecule has 0 spiro atoms. The van der Waals surface area contributed by atoms with E-state index in [1.54, 1.807) is 19.2 Å². The number of hydrogen-bond donors (Lipinski definition) is 1. The molecule has 0 bridgehead atoms. The molecule has 1 unspecified atom stereocenters. The minimum absolute atomic E-state index is 0.240. The Hall–Kier alpha value is -1.87. The number of benzene rings is 2. The van der Waals surface area contributed by atoms with E-state index in [1.807, 2.05) is 19.1 Å². The first-order valence-electron chi connectivity index (χ1n) is 7.27. The van der Waals surface area contributed by atoms with Crippen molar-refractivity contribution in [1.82, 2.24) is 0 Å². The van der Waals surface area contributed by atoms with Gasteiger partial charge >= 0.3 is 0 Å². The van der Waals surface area contributed by atoms with Crippen LogP contribution in [0.1, 0.15) is 35.1 Å². The van der Waals surface area contributed by atoms with Gasteiger partial charge in [-0.15, -0.1) is 0 Å². The maximum Gasteiger partial charge on any atom is 0.123 e. The molecule has 110 valence electrons. The van der Waals surface area contributed by atoms with Crippen LogP contribution in [-0.2, 0) is 12.0 Å². The Morgan fingerprint density at radius 2 is 1.95 bits per heavy atom. The monoisotopic (exact) mass is 285 g/mol. The summed E-state index contributed by atoms with van der Waals surface area (Å²) in [7, 11) is 1.65. The molecule has 0 amide bonds. The summed E-state index contributed by atoms with van der Waals surface area (Å²) in [5.74, 6) is 0.551. The molecular weight excluding hydrogens is 265 g/mol. The van der Waals surface area contributed by atoms with Gasteiger partial charge in [0.15, 0.2) is 0 Å². The van der Waals surface area contributed by atoms with Crippen LogP contribution in [0.25, 0.3) is 0 Å². The van der Waals surface area contributed by atoms with Crippen LogP contribution in [-0.4, -0.2) is 7.11 Å². The molecule has 0 saturated carbocycles. The van der Waals surface area contributed by atoms with Gasteiger partial charge in [-0.25, -0.2) is 4.39 Å². The van der Waals surface area contributed by atoms with E-state index in [0.717, 1.165) is 41.7 Å². The lowest BCUT2D eigenvalue weighted by Gasteiger charge is -2.37. The van der Waals surface area contributed by atoms with E-state index >= 15 is 0 Å². The van der Waals surface area contributed by atoms with Gasteiger partial charge in [-0.1, -0.05) is 12.1 Å². The minimum Gasteiger partial charge on any atom is -0.497 e. The summed E-state index contributed by atoms with van der Waals surface area (Å²) in [5.41, 5.74) is 10.3. The predicted octanol–water partition coefficient (Wildman–Crippen LogP) is 3.68. The van der Waals surface area contributed by atoms with Crippen molar-refractivity contribution in [3.05, 3.63) is 64.5 Å². The maximum absolute atomic E-state index is 13.7. The largest absolute Gasteiger partial charge is 0.497 e. The molecule has 2 nitrogen and oxygen atoms in total. The first-order valence-corrected chi connectivity index (χ1v) is 7.27. The Kier molecular flexibility index (Phi) is 3.46. The first-order chi connectivity index (χ1) is 10.0. The standard InChI is InChI=1S/C18H20FNO/c1-12-5-7-14(19)10-16(12)18(20)9-3-4-13-6-8-15(21-2)11-17(13)18/h5-8,10-11H,3-4,9,20H2,1-2H3. The summed E-state index contributed by atoms with van der Waals surface area (Å²) in [6, 6.07) is 10.9. The lowest BCUT2D eigenvalue weighted by Crippen LogP contribution is -2.41. The fraction of sp³-hybridized carbons (Fsp3) is 0.333. The van der Waals surface area contributed by atoms with Gasteiger partial charge in [-0.3, -0.25) is 0 Å². The van der Waals surface area contributed by atoms with E-state index in [4.69, 9.17) is 10.5 Å². The molecule has 1 atom stereocenters. The summed E-state index contributed by atoms with van der Waals surface area (Å²) in [6.45, 7) is 1.98. The van der Waals surface area contributed by atoms with Gasteiger partial charge in [-0.2, -0.15) is 0 Å². The number of aryl methyl sites for hydroxylation is 2. The van der Waals surface area contributed by atoms with Gasteiger partial charge in [0.05, 0.1) is 12.6 Å². The number of methoxy groups -OCH3 is 1. The third-order valence-corrected chi connectivity index (χ3v) is 4.50. The highest BCUT2D eigenvalue weighted by Crippen LogP contribution is 2.41. The molecule has 3 heteroatoms. The van der Waals surface area contributed by atoms with Crippen LogP contribution in [0.2, 0.25) is 0 Å². The fourth-order valence-corrected chi connectivity index (χ4v) is 3.36. The molecule has 0 fully saturated rings. The Labute approximate surface area is 124 Å². The number of hydrogen-bond acceptors (Lipinski definition) is 2. The number of fused-ring (bicyclic) bond motifs is 1. The van der Waals surface area contributed by atoms with Crippen molar-refractivity contribution < 1.29 is 9.13 Å². The van der Waals surface area contributed by atoms with Crippen molar-refractivity contribution >= 4 is 0 Å². The van der Waals surface area contributed by atoms with E-state index in [9.17, 15) is 4.39 Å². The molecule has 1 aliphatic rings. The molecule has 2 N–H and O–H groups in total. The van der Waals surface area contributed by atoms with Crippen LogP contribution in [0.5, 0.6) is 5.75 Å². The molecule has 0 aliphatic heterocycles. The van der Waals surface area contributed by atoms with E-state index in [2.05, 4.69) is 6.07 Å². The van der Waals surface area contributed by atoms with E-state index in [-0.39, 0.29) is 5.82 Å². The summed E-state index contributed by atoms with van der Waals surface area (Å²) in [5, 5.41) is 0. The van der Waals surface area contributed by atoms with Gasteiger partial charge in [0.1, 0.15) is 11.6 Å². The third-order valence-electron chi connectivity index (χ3n) is 4.50. The third kappa shape index (κ3) is 2.32. The second-order valence-electron chi connectivity index (χ2n) is 5.81. The Bertz CT molecular complexity index is 683. The van der Waals surface area contributed by atoms with Gasteiger partial charge in [-0.05, 0) is 72.7 Å². The highest BCUT2D eigenvalue weighted by atomic mass is 19.1. The molecule has 0 radical (unpaired) electrons. The van der Waals surface area contributed by atoms with E-state index < -0.39 is 5.54 Å². The topological polar surface area (TPSA) is 35.2 Å². The lowest BCUT2D eigenvalue weighted by molar-refractivity contribution is 0.403. The molecule has 2 aromatic carbocycles. The van der Waals surface area contributed by atoms with Crippen molar-refractivity contribution in [3.8, 4) is 5.75 Å². The van der Waals surface area contributed by atoms with Crippen molar-refractivity contribution in [2.24, 2.45) is 5.73 Å². The van der Waals surface area contributed by atoms with Crippen LogP contribution >= 0.6 is 0 Å². The average Bonchev–Trinajstić information content (AvgIpc) is 2.50. The van der Waals surface area contributed by atoms with Crippen LogP contribution in [0.15, 0.2) is 36.4 Å². The zero-order valence-corrected chi connectivity index (χ0v) is 12.4. The SMILES string of the molecule is COc1ccc2c(c1)C(N)(c1cc(F)ccc1C)CCC2. The number of halogens is 1. The zero-order valence-electron chi connectivity index (χ0n) is 12.4. The van der Waals surface area contributed by atoms with Crippen molar-refractivity contribution in [2.75, 3.05) is 7.11 Å². The number of nitrogens with two attached hydrogens (primary N) is 1. The Morgan fingerprint density at radius 1 is 1.14 bits per heavy atom. The minimum atomic E-state index is -0.645. The predicted molar refractivity (Wildman–Crippen MR) is 82.0 cm³/mol. The van der Waals surface area contributed by atoms with Gasteiger partial charge in [0, 0.05) is 0 Å². The highest BCUT2D eigenvalue weighted by Gasteiger charge is 2.36. The maximum atomic E-state index is 13.7. The molecule has 0 saturated heterocycles. The summed E-state index contributed by atoms with van der Waals surface area (Å²) >= 11 is 0. The molecule has 3 rings (SSSR count). The Balaban J connectivity index is 2.21. The van der Waals surface area contributed by atoms with Crippen LogP contribution in [0, 0.1) is 12.7 Å². The van der Waals surface area contributed by atoms with Gasteiger partial charge in [0.25, 0.3) is 0 Å². The van der Waals surface area contributed by atoms with Crippen LogP contribution in [0.3, 0.4) is 0 Å². The molecule has 0 aromatic heterocycles. The lowest BCUT2D eigenvalue weighted by atomic mass is 9.72. The van der Waals surface area contributed by atoms with Crippen molar-refractivity contribution in [2.45, 2.75) is 31.7 Å². The molecular formula is C18H20FNO. The van der Waals surface area contributed by atoms with Gasteiger partial charge in [0.2, 0.25) is 0 Å². The average molecular weight is 285 g/mol. The van der Waals surface area contributed by atoms with Crippen molar-refractivity contribution in [1.29, 1.82) is 0 Å². The molecule has 0 heterocycles. The first kappa shape index (κ1) is 14.1. The summed E-state index contributed by atoms with van der Waals surface area (Å²) < 4.78 is 19.0. The zero-order chi connectivity index (χ0) is 15.0. The Morgan fingerprint density at radius 3 is 2.71 bits per heavy atom. The summed E-state index contributed by atoms with van der Waals surface area (Å²) in [6.07, 6.45) is 2.83. The van der Waals surface area contributed by atoms with E-state index in [0.29, 0.717) is 0 Å². The molecule has 2 aromatic rings. The number of ether oxygens (including phenoxy) is 1. The molecule has 21 heavy (non-hydrogen) atoms.